The van der Waals surface area contributed by atoms with E-state index in [2.05, 4.69) is 28.4 Å². The summed E-state index contributed by atoms with van der Waals surface area (Å²) in [6.45, 7) is 8.60. The van der Waals surface area contributed by atoms with Crippen molar-refractivity contribution in [2.45, 2.75) is 64.2 Å². The average Bonchev–Trinajstić information content (AvgIpc) is 2.55. The van der Waals surface area contributed by atoms with Crippen LogP contribution < -0.4 is 10.1 Å². The Bertz CT molecular complexity index is 589. The molecule has 0 aromatic heterocycles. The Kier molecular flexibility index (Phi) is 5.52. The number of para-hydroxylation sites is 1. The van der Waals surface area contributed by atoms with E-state index in [-0.39, 0.29) is 18.2 Å². The Balaban J connectivity index is 1.41. The standard InChI is InChI=1S/C20H30N2O3/c1-20(2,3)25-19(23)21-16-10-12-22(13-11-16)14-17-9-8-15-6-4-5-7-18(15)24-17/h4-7,16-17H,8-14H2,1-3H3,(H,21,23). The molecule has 1 saturated heterocycles. The number of piperidine rings is 1. The third-order valence-electron chi connectivity index (χ3n) is 4.77. The van der Waals surface area contributed by atoms with E-state index in [1.807, 2.05) is 26.8 Å². The molecule has 1 atom stereocenters. The van der Waals surface area contributed by atoms with Crippen molar-refractivity contribution in [1.82, 2.24) is 10.2 Å². The van der Waals surface area contributed by atoms with Crippen molar-refractivity contribution in [1.29, 1.82) is 0 Å². The van der Waals surface area contributed by atoms with Gasteiger partial charge in [-0.2, -0.15) is 0 Å². The molecule has 1 aromatic rings. The van der Waals surface area contributed by atoms with E-state index in [1.54, 1.807) is 0 Å². The lowest BCUT2D eigenvalue weighted by atomic mass is 10.0. The van der Waals surface area contributed by atoms with Crippen LogP contribution >= 0.6 is 0 Å². The van der Waals surface area contributed by atoms with Gasteiger partial charge in [0, 0.05) is 25.7 Å². The molecule has 2 aliphatic heterocycles. The molecule has 1 N–H and O–H groups in total. The molecular weight excluding hydrogens is 316 g/mol. The van der Waals surface area contributed by atoms with Crippen LogP contribution in [-0.4, -0.2) is 48.4 Å². The minimum Gasteiger partial charge on any atom is -0.489 e. The van der Waals surface area contributed by atoms with Gasteiger partial charge in [0.1, 0.15) is 17.5 Å². The first-order chi connectivity index (χ1) is 11.9. The summed E-state index contributed by atoms with van der Waals surface area (Å²) in [5.74, 6) is 1.04. The highest BCUT2D eigenvalue weighted by atomic mass is 16.6. The second-order valence-electron chi connectivity index (χ2n) is 8.11. The second kappa shape index (κ2) is 7.65. The van der Waals surface area contributed by atoms with Gasteiger partial charge in [-0.1, -0.05) is 18.2 Å². The van der Waals surface area contributed by atoms with Crippen molar-refractivity contribution in [3.63, 3.8) is 0 Å². The highest BCUT2D eigenvalue weighted by Crippen LogP contribution is 2.27. The van der Waals surface area contributed by atoms with E-state index < -0.39 is 5.60 Å². The smallest absolute Gasteiger partial charge is 0.407 e. The lowest BCUT2D eigenvalue weighted by Crippen LogP contribution is -2.48. The normalized spacial score (nSPS) is 22.0. The maximum absolute atomic E-state index is 11.9. The summed E-state index contributed by atoms with van der Waals surface area (Å²) in [5, 5.41) is 2.99. The molecule has 1 amide bonds. The molecule has 2 aliphatic rings. The van der Waals surface area contributed by atoms with Crippen LogP contribution in [0.3, 0.4) is 0 Å². The van der Waals surface area contributed by atoms with E-state index in [0.717, 1.165) is 51.1 Å². The van der Waals surface area contributed by atoms with E-state index in [0.29, 0.717) is 0 Å². The predicted octanol–water partition coefficient (Wildman–Crippen LogP) is 3.37. The Morgan fingerprint density at radius 2 is 1.96 bits per heavy atom. The highest BCUT2D eigenvalue weighted by Gasteiger charge is 2.26. The number of hydrogen-bond acceptors (Lipinski definition) is 4. The fraction of sp³-hybridized carbons (Fsp3) is 0.650. The number of benzene rings is 1. The van der Waals surface area contributed by atoms with Crippen molar-refractivity contribution >= 4 is 6.09 Å². The minimum atomic E-state index is -0.445. The summed E-state index contributed by atoms with van der Waals surface area (Å²) in [5.41, 5.74) is 0.873. The zero-order valence-electron chi connectivity index (χ0n) is 15.6. The van der Waals surface area contributed by atoms with E-state index >= 15 is 0 Å². The topological polar surface area (TPSA) is 50.8 Å². The average molecular weight is 346 g/mol. The van der Waals surface area contributed by atoms with Gasteiger partial charge >= 0.3 is 6.09 Å². The SMILES string of the molecule is CC(C)(C)OC(=O)NC1CCN(CC2CCc3ccccc3O2)CC1. The van der Waals surface area contributed by atoms with Gasteiger partial charge in [0.2, 0.25) is 0 Å². The van der Waals surface area contributed by atoms with Gasteiger partial charge in [-0.3, -0.25) is 4.90 Å². The van der Waals surface area contributed by atoms with Gasteiger partial charge in [0.25, 0.3) is 0 Å². The fourth-order valence-corrected chi connectivity index (χ4v) is 3.53. The monoisotopic (exact) mass is 346 g/mol. The number of amides is 1. The van der Waals surface area contributed by atoms with Gasteiger partial charge in [0.05, 0.1) is 0 Å². The van der Waals surface area contributed by atoms with Crippen molar-refractivity contribution in [2.24, 2.45) is 0 Å². The molecule has 138 valence electrons. The van der Waals surface area contributed by atoms with Crippen LogP contribution in [0.15, 0.2) is 24.3 Å². The molecule has 2 heterocycles. The quantitative estimate of drug-likeness (QED) is 0.912. The molecule has 0 bridgehead atoms. The summed E-state index contributed by atoms with van der Waals surface area (Å²) in [6.07, 6.45) is 4.05. The van der Waals surface area contributed by atoms with Crippen molar-refractivity contribution in [3.05, 3.63) is 29.8 Å². The van der Waals surface area contributed by atoms with Crippen LogP contribution in [0.4, 0.5) is 4.79 Å². The molecule has 3 rings (SSSR count). The summed E-state index contributed by atoms with van der Waals surface area (Å²) in [4.78, 5) is 14.3. The van der Waals surface area contributed by atoms with Crippen molar-refractivity contribution in [3.8, 4) is 5.75 Å². The lowest BCUT2D eigenvalue weighted by Gasteiger charge is -2.36. The molecule has 0 aliphatic carbocycles. The molecule has 25 heavy (non-hydrogen) atoms. The largest absolute Gasteiger partial charge is 0.489 e. The first-order valence-corrected chi connectivity index (χ1v) is 9.35. The molecule has 1 fully saturated rings. The number of likely N-dealkylation sites (tertiary alicyclic amines) is 1. The molecule has 1 unspecified atom stereocenters. The van der Waals surface area contributed by atoms with Gasteiger partial charge in [0.15, 0.2) is 0 Å². The lowest BCUT2D eigenvalue weighted by molar-refractivity contribution is 0.0461. The van der Waals surface area contributed by atoms with E-state index in [1.165, 1.54) is 5.56 Å². The molecule has 1 aromatic carbocycles. The number of fused-ring (bicyclic) bond motifs is 1. The van der Waals surface area contributed by atoms with Crippen LogP contribution in [0.25, 0.3) is 0 Å². The van der Waals surface area contributed by atoms with Crippen LogP contribution in [-0.2, 0) is 11.2 Å². The summed E-state index contributed by atoms with van der Waals surface area (Å²) in [7, 11) is 0. The number of aryl methyl sites for hydroxylation is 1. The zero-order chi connectivity index (χ0) is 17.9. The Labute approximate surface area is 150 Å². The fourth-order valence-electron chi connectivity index (χ4n) is 3.53. The van der Waals surface area contributed by atoms with E-state index in [9.17, 15) is 4.79 Å². The number of alkyl carbamates (subject to hydrolysis) is 1. The maximum atomic E-state index is 11.9. The van der Waals surface area contributed by atoms with Gasteiger partial charge in [-0.25, -0.2) is 4.79 Å². The molecule has 0 spiro atoms. The van der Waals surface area contributed by atoms with Crippen LogP contribution in [0.1, 0.15) is 45.6 Å². The van der Waals surface area contributed by atoms with Crippen LogP contribution in [0, 0.1) is 0 Å². The summed E-state index contributed by atoms with van der Waals surface area (Å²) >= 11 is 0. The molecule has 0 radical (unpaired) electrons. The number of nitrogens with zero attached hydrogens (tertiary/aromatic N) is 1. The Morgan fingerprint density at radius 1 is 1.24 bits per heavy atom. The van der Waals surface area contributed by atoms with Crippen LogP contribution in [0.5, 0.6) is 5.75 Å². The number of carbonyl (C=O) groups is 1. The third-order valence-corrected chi connectivity index (χ3v) is 4.77. The first-order valence-electron chi connectivity index (χ1n) is 9.35. The van der Waals surface area contributed by atoms with Gasteiger partial charge in [-0.05, 0) is 58.1 Å². The first kappa shape index (κ1) is 18.1. The molecular formula is C20H30N2O3. The molecule has 5 nitrogen and oxygen atoms in total. The minimum absolute atomic E-state index is 0.208. The Morgan fingerprint density at radius 3 is 2.68 bits per heavy atom. The summed E-state index contributed by atoms with van der Waals surface area (Å²) in [6, 6.07) is 8.54. The highest BCUT2D eigenvalue weighted by molar-refractivity contribution is 5.68. The van der Waals surface area contributed by atoms with Crippen LogP contribution in [0.2, 0.25) is 0 Å². The second-order valence-corrected chi connectivity index (χ2v) is 8.11. The third kappa shape index (κ3) is 5.36. The van der Waals surface area contributed by atoms with Gasteiger partial charge in [-0.15, -0.1) is 0 Å². The Hall–Kier alpha value is -1.75. The molecule has 5 heteroatoms. The summed E-state index contributed by atoms with van der Waals surface area (Å²) < 4.78 is 11.5. The number of rotatable bonds is 3. The van der Waals surface area contributed by atoms with Gasteiger partial charge < -0.3 is 14.8 Å². The van der Waals surface area contributed by atoms with E-state index in [4.69, 9.17) is 9.47 Å². The van der Waals surface area contributed by atoms with Crippen molar-refractivity contribution in [2.75, 3.05) is 19.6 Å². The van der Waals surface area contributed by atoms with Crippen molar-refractivity contribution < 1.29 is 14.3 Å². The predicted molar refractivity (Wildman–Crippen MR) is 98.0 cm³/mol. The zero-order valence-corrected chi connectivity index (χ0v) is 15.6. The maximum Gasteiger partial charge on any atom is 0.407 e. The number of hydrogen-bond donors (Lipinski definition) is 1. The number of ether oxygens (including phenoxy) is 2. The molecule has 0 saturated carbocycles. The number of carbonyl (C=O) groups excluding carboxylic acids is 1. The number of nitrogens with one attached hydrogen (secondary N) is 1.